The number of carbonyl (C=O) groups is 1. The molecule has 138 valence electrons. The van der Waals surface area contributed by atoms with E-state index in [1.807, 2.05) is 85.8 Å². The summed E-state index contributed by atoms with van der Waals surface area (Å²) in [7, 11) is 0. The number of hydrogen-bond donors (Lipinski definition) is 1. The number of halogens is 2. The van der Waals surface area contributed by atoms with Gasteiger partial charge in [-0.05, 0) is 60.9 Å². The second-order valence-electron chi connectivity index (χ2n) is 6.62. The van der Waals surface area contributed by atoms with Gasteiger partial charge in [0, 0.05) is 27.6 Å². The Labute approximate surface area is 170 Å². The standard InChI is InChI=1S/C23H21Cl2NO/c1-16(26-23(27)19-5-3-2-4-6-19)22(18-9-13-21(25)14-10-18)15-17-7-11-20(24)12-8-17/h2-14,16,22H,15H2,1H3,(H,26,27). The summed E-state index contributed by atoms with van der Waals surface area (Å²) >= 11 is 12.1. The summed E-state index contributed by atoms with van der Waals surface area (Å²) in [5.41, 5.74) is 2.96. The highest BCUT2D eigenvalue weighted by Crippen LogP contribution is 2.27. The first kappa shape index (κ1) is 19.5. The molecule has 3 rings (SSSR count). The van der Waals surface area contributed by atoms with Gasteiger partial charge < -0.3 is 5.32 Å². The molecule has 4 heteroatoms. The number of hydrogen-bond acceptors (Lipinski definition) is 1. The summed E-state index contributed by atoms with van der Waals surface area (Å²) in [6.07, 6.45) is 0.787. The number of carbonyl (C=O) groups excluding carboxylic acids is 1. The van der Waals surface area contributed by atoms with E-state index in [2.05, 4.69) is 5.32 Å². The van der Waals surface area contributed by atoms with Gasteiger partial charge in [0.2, 0.25) is 0 Å². The molecule has 0 aromatic heterocycles. The van der Waals surface area contributed by atoms with Crippen LogP contribution < -0.4 is 5.32 Å². The van der Waals surface area contributed by atoms with Gasteiger partial charge in [-0.15, -0.1) is 0 Å². The first-order valence-electron chi connectivity index (χ1n) is 8.89. The van der Waals surface area contributed by atoms with Crippen molar-refractivity contribution in [3.05, 3.63) is 106 Å². The SMILES string of the molecule is CC(NC(=O)c1ccccc1)C(Cc1ccc(Cl)cc1)c1ccc(Cl)cc1. The molecule has 1 amide bonds. The highest BCUT2D eigenvalue weighted by atomic mass is 35.5. The molecule has 27 heavy (non-hydrogen) atoms. The van der Waals surface area contributed by atoms with E-state index in [4.69, 9.17) is 23.2 Å². The Morgan fingerprint density at radius 3 is 2.00 bits per heavy atom. The Bertz CT molecular complexity index is 877. The lowest BCUT2D eigenvalue weighted by atomic mass is 9.86. The van der Waals surface area contributed by atoms with Crippen LogP contribution in [0, 0.1) is 0 Å². The minimum Gasteiger partial charge on any atom is -0.349 e. The van der Waals surface area contributed by atoms with Crippen LogP contribution in [0.2, 0.25) is 10.0 Å². The lowest BCUT2D eigenvalue weighted by Crippen LogP contribution is -2.37. The van der Waals surface area contributed by atoms with Crippen molar-refractivity contribution in [3.8, 4) is 0 Å². The van der Waals surface area contributed by atoms with Crippen LogP contribution in [0.25, 0.3) is 0 Å². The van der Waals surface area contributed by atoms with Gasteiger partial charge in [0.25, 0.3) is 5.91 Å². The van der Waals surface area contributed by atoms with Crippen molar-refractivity contribution in [1.82, 2.24) is 5.32 Å². The molecule has 2 nitrogen and oxygen atoms in total. The molecule has 1 N–H and O–H groups in total. The van der Waals surface area contributed by atoms with Crippen LogP contribution >= 0.6 is 23.2 Å². The summed E-state index contributed by atoms with van der Waals surface area (Å²) in [4.78, 5) is 12.6. The molecular weight excluding hydrogens is 377 g/mol. The van der Waals surface area contributed by atoms with Crippen molar-refractivity contribution in [2.45, 2.75) is 25.3 Å². The first-order chi connectivity index (χ1) is 13.0. The van der Waals surface area contributed by atoms with Crippen LogP contribution in [0.5, 0.6) is 0 Å². The smallest absolute Gasteiger partial charge is 0.251 e. The van der Waals surface area contributed by atoms with Gasteiger partial charge in [0.1, 0.15) is 0 Å². The maximum atomic E-state index is 12.6. The lowest BCUT2D eigenvalue weighted by Gasteiger charge is -2.26. The molecule has 0 fully saturated rings. The monoisotopic (exact) mass is 397 g/mol. The van der Waals surface area contributed by atoms with E-state index in [0.717, 1.165) is 12.0 Å². The zero-order valence-electron chi connectivity index (χ0n) is 15.0. The topological polar surface area (TPSA) is 29.1 Å². The van der Waals surface area contributed by atoms with Crippen LogP contribution in [-0.2, 0) is 6.42 Å². The Kier molecular flexibility index (Phi) is 6.54. The fourth-order valence-electron chi connectivity index (χ4n) is 3.15. The lowest BCUT2D eigenvalue weighted by molar-refractivity contribution is 0.0934. The zero-order chi connectivity index (χ0) is 19.2. The van der Waals surface area contributed by atoms with Gasteiger partial charge in [-0.2, -0.15) is 0 Å². The minimum atomic E-state index is -0.0711. The largest absolute Gasteiger partial charge is 0.349 e. The highest BCUT2D eigenvalue weighted by molar-refractivity contribution is 6.30. The first-order valence-corrected chi connectivity index (χ1v) is 9.64. The van der Waals surface area contributed by atoms with Crippen molar-refractivity contribution < 1.29 is 4.79 Å². The van der Waals surface area contributed by atoms with Crippen LogP contribution in [-0.4, -0.2) is 11.9 Å². The quantitative estimate of drug-likeness (QED) is 0.531. The zero-order valence-corrected chi connectivity index (χ0v) is 16.5. The Morgan fingerprint density at radius 1 is 0.852 bits per heavy atom. The van der Waals surface area contributed by atoms with E-state index in [1.165, 1.54) is 5.56 Å². The molecule has 0 aliphatic carbocycles. The third-order valence-corrected chi connectivity index (χ3v) is 5.17. The summed E-state index contributed by atoms with van der Waals surface area (Å²) < 4.78 is 0. The van der Waals surface area contributed by atoms with Gasteiger partial charge in [0.15, 0.2) is 0 Å². The van der Waals surface area contributed by atoms with E-state index < -0.39 is 0 Å². The van der Waals surface area contributed by atoms with Gasteiger partial charge in [-0.3, -0.25) is 4.79 Å². The molecule has 0 saturated heterocycles. The van der Waals surface area contributed by atoms with Crippen molar-refractivity contribution in [1.29, 1.82) is 0 Å². The number of benzene rings is 3. The summed E-state index contributed by atoms with van der Waals surface area (Å²) in [5, 5.41) is 4.56. The van der Waals surface area contributed by atoms with Gasteiger partial charge in [0.05, 0.1) is 0 Å². The molecular formula is C23H21Cl2NO. The average Bonchev–Trinajstić information content (AvgIpc) is 2.69. The Morgan fingerprint density at radius 2 is 1.41 bits per heavy atom. The van der Waals surface area contributed by atoms with Crippen LogP contribution in [0.3, 0.4) is 0 Å². The predicted octanol–water partition coefficient (Wildman–Crippen LogP) is 6.14. The summed E-state index contributed by atoms with van der Waals surface area (Å²) in [6.45, 7) is 2.04. The highest BCUT2D eigenvalue weighted by Gasteiger charge is 2.22. The molecule has 0 radical (unpaired) electrons. The van der Waals surface area contributed by atoms with Gasteiger partial charge >= 0.3 is 0 Å². The van der Waals surface area contributed by atoms with E-state index in [0.29, 0.717) is 15.6 Å². The normalized spacial score (nSPS) is 13.0. The number of rotatable bonds is 6. The predicted molar refractivity (Wildman–Crippen MR) is 113 cm³/mol. The third-order valence-electron chi connectivity index (χ3n) is 4.67. The second kappa shape index (κ2) is 9.07. The Hall–Kier alpha value is -2.29. The summed E-state index contributed by atoms with van der Waals surface area (Å²) in [5.74, 6) is 0.0364. The molecule has 0 spiro atoms. The fraction of sp³-hybridized carbons (Fsp3) is 0.174. The molecule has 2 unspecified atom stereocenters. The van der Waals surface area contributed by atoms with Crippen LogP contribution in [0.15, 0.2) is 78.9 Å². The average molecular weight is 398 g/mol. The molecule has 0 heterocycles. The van der Waals surface area contributed by atoms with Gasteiger partial charge in [-0.25, -0.2) is 0 Å². The van der Waals surface area contributed by atoms with E-state index in [-0.39, 0.29) is 17.9 Å². The minimum absolute atomic E-state index is 0.0606. The number of nitrogens with one attached hydrogen (secondary N) is 1. The van der Waals surface area contributed by atoms with Crippen molar-refractivity contribution >= 4 is 29.1 Å². The van der Waals surface area contributed by atoms with Crippen molar-refractivity contribution in [2.75, 3.05) is 0 Å². The molecule has 0 bridgehead atoms. The fourth-order valence-corrected chi connectivity index (χ4v) is 3.40. The molecule has 0 aliphatic heterocycles. The molecule has 3 aromatic rings. The second-order valence-corrected chi connectivity index (χ2v) is 7.49. The van der Waals surface area contributed by atoms with Crippen LogP contribution in [0.4, 0.5) is 0 Å². The molecule has 2 atom stereocenters. The number of amides is 1. The van der Waals surface area contributed by atoms with E-state index in [9.17, 15) is 4.79 Å². The van der Waals surface area contributed by atoms with Crippen molar-refractivity contribution in [3.63, 3.8) is 0 Å². The van der Waals surface area contributed by atoms with Crippen LogP contribution in [0.1, 0.15) is 34.3 Å². The van der Waals surface area contributed by atoms with E-state index >= 15 is 0 Å². The summed E-state index contributed by atoms with van der Waals surface area (Å²) in [6, 6.07) is 24.9. The van der Waals surface area contributed by atoms with Crippen molar-refractivity contribution in [2.24, 2.45) is 0 Å². The maximum Gasteiger partial charge on any atom is 0.251 e. The molecule has 0 saturated carbocycles. The maximum absolute atomic E-state index is 12.6. The molecule has 3 aromatic carbocycles. The van der Waals surface area contributed by atoms with Gasteiger partial charge in [-0.1, -0.05) is 65.7 Å². The Balaban J connectivity index is 1.82. The third kappa shape index (κ3) is 5.35. The van der Waals surface area contributed by atoms with E-state index in [1.54, 1.807) is 0 Å². The molecule has 0 aliphatic rings.